The van der Waals surface area contributed by atoms with E-state index in [9.17, 15) is 9.59 Å². The number of hydrogen-bond donors (Lipinski definition) is 1. The van der Waals surface area contributed by atoms with Gasteiger partial charge >= 0.3 is 5.91 Å². The number of nitrogens with zero attached hydrogens (tertiary/aromatic N) is 1. The highest BCUT2D eigenvalue weighted by atomic mass is 16.5. The van der Waals surface area contributed by atoms with E-state index in [4.69, 9.17) is 4.74 Å². The van der Waals surface area contributed by atoms with Crippen molar-refractivity contribution in [3.63, 3.8) is 0 Å². The highest BCUT2D eigenvalue weighted by Crippen LogP contribution is 2.27. The summed E-state index contributed by atoms with van der Waals surface area (Å²) in [7, 11) is 0. The minimum Gasteiger partial charge on any atom is -0.331 e. The van der Waals surface area contributed by atoms with Crippen molar-refractivity contribution in [2.24, 2.45) is 0 Å². The van der Waals surface area contributed by atoms with Gasteiger partial charge in [-0.3, -0.25) is 19.4 Å². The molecule has 2 aliphatic rings. The van der Waals surface area contributed by atoms with Crippen molar-refractivity contribution in [1.29, 1.82) is 0 Å². The van der Waals surface area contributed by atoms with E-state index in [1.807, 2.05) is 12.1 Å². The summed E-state index contributed by atoms with van der Waals surface area (Å²) < 4.78 is 5.38. The Morgan fingerprint density at radius 3 is 2.89 bits per heavy atom. The van der Waals surface area contributed by atoms with Crippen molar-refractivity contribution in [2.75, 3.05) is 31.5 Å². The highest BCUT2D eigenvalue weighted by Gasteiger charge is 2.37. The Hall–Kier alpha value is -1.72. The van der Waals surface area contributed by atoms with Gasteiger partial charge in [-0.1, -0.05) is 12.1 Å². The van der Waals surface area contributed by atoms with Crippen LogP contribution in [-0.4, -0.2) is 38.2 Å². The maximum Gasteiger partial charge on any atom is 0.303 e. The molecule has 1 amide bonds. The fourth-order valence-corrected chi connectivity index (χ4v) is 2.47. The number of hydrogen-bond acceptors (Lipinski definition) is 3. The Kier molecular flexibility index (Phi) is 2.85. The number of quaternary nitrogens is 1. The molecule has 1 saturated heterocycles. The fourth-order valence-electron chi connectivity index (χ4n) is 2.47. The van der Waals surface area contributed by atoms with Crippen LogP contribution in [0.25, 0.3) is 0 Å². The molecule has 5 nitrogen and oxygen atoms in total. The summed E-state index contributed by atoms with van der Waals surface area (Å²) >= 11 is 0. The molecule has 1 fully saturated rings. The molecule has 2 heterocycles. The van der Waals surface area contributed by atoms with Crippen LogP contribution in [0.3, 0.4) is 0 Å². The molecule has 94 valence electrons. The van der Waals surface area contributed by atoms with Crippen LogP contribution in [0, 0.1) is 0 Å². The summed E-state index contributed by atoms with van der Waals surface area (Å²) in [6.45, 7) is 2.86. The summed E-state index contributed by atoms with van der Waals surface area (Å²) in [6, 6.07) is 7.16. The van der Waals surface area contributed by atoms with Crippen LogP contribution >= 0.6 is 0 Å². The standard InChI is InChI=1S/C13H14N2O3/c16-12-10-4-1-2-5-11(10)15(13(12)17)8-14-6-3-7-18-9-14/h1-2,4-5H,3,6-9H2/p+1. The molecule has 0 spiro atoms. The quantitative estimate of drug-likeness (QED) is 0.713. The molecular formula is C13H15N2O3+. The minimum atomic E-state index is -0.422. The van der Waals surface area contributed by atoms with Crippen molar-refractivity contribution in [3.8, 4) is 0 Å². The van der Waals surface area contributed by atoms with Gasteiger partial charge in [-0.15, -0.1) is 0 Å². The Morgan fingerprint density at radius 2 is 2.11 bits per heavy atom. The number of ether oxygens (including phenoxy) is 1. The van der Waals surface area contributed by atoms with Gasteiger partial charge in [0.2, 0.25) is 0 Å². The van der Waals surface area contributed by atoms with Gasteiger partial charge < -0.3 is 4.74 Å². The first-order chi connectivity index (χ1) is 8.77. The van der Waals surface area contributed by atoms with E-state index in [-0.39, 0.29) is 0 Å². The third-order valence-electron chi connectivity index (χ3n) is 3.39. The number of ketones is 1. The molecule has 3 rings (SSSR count). The van der Waals surface area contributed by atoms with Gasteiger partial charge in [-0.25, -0.2) is 0 Å². The number of Topliss-reactive ketones (excluding diaryl/α,β-unsaturated/α-hetero) is 1. The number of nitrogens with one attached hydrogen (secondary N) is 1. The molecule has 0 bridgehead atoms. The van der Waals surface area contributed by atoms with Crippen molar-refractivity contribution in [3.05, 3.63) is 29.8 Å². The molecule has 0 saturated carbocycles. The summed E-state index contributed by atoms with van der Waals surface area (Å²) in [4.78, 5) is 26.5. The number of rotatable bonds is 2. The van der Waals surface area contributed by atoms with Gasteiger partial charge in [0.15, 0.2) is 13.4 Å². The molecular weight excluding hydrogens is 232 g/mol. The third-order valence-corrected chi connectivity index (χ3v) is 3.39. The third kappa shape index (κ3) is 1.81. The molecule has 2 aliphatic heterocycles. The van der Waals surface area contributed by atoms with Crippen LogP contribution in [0.5, 0.6) is 0 Å². The van der Waals surface area contributed by atoms with Crippen LogP contribution in [0.4, 0.5) is 5.69 Å². The molecule has 0 aliphatic carbocycles. The van der Waals surface area contributed by atoms with Gasteiger partial charge in [0.1, 0.15) is 0 Å². The zero-order chi connectivity index (χ0) is 12.5. The molecule has 1 N–H and O–H groups in total. The molecule has 1 unspecified atom stereocenters. The van der Waals surface area contributed by atoms with Gasteiger partial charge in [0, 0.05) is 6.42 Å². The number of carbonyl (C=O) groups is 2. The molecule has 1 aromatic rings. The monoisotopic (exact) mass is 247 g/mol. The van der Waals surface area contributed by atoms with Crippen molar-refractivity contribution >= 4 is 17.4 Å². The summed E-state index contributed by atoms with van der Waals surface area (Å²) in [5.74, 6) is -0.822. The summed E-state index contributed by atoms with van der Waals surface area (Å²) in [5, 5.41) is 0. The van der Waals surface area contributed by atoms with E-state index in [1.165, 1.54) is 4.90 Å². The number of carbonyl (C=O) groups excluding carboxylic acids is 2. The van der Waals surface area contributed by atoms with Crippen LogP contribution in [0.1, 0.15) is 16.8 Å². The van der Waals surface area contributed by atoms with E-state index in [1.54, 1.807) is 17.0 Å². The topological polar surface area (TPSA) is 51.0 Å². The van der Waals surface area contributed by atoms with Crippen LogP contribution in [-0.2, 0) is 9.53 Å². The lowest BCUT2D eigenvalue weighted by Crippen LogP contribution is -3.15. The van der Waals surface area contributed by atoms with Crippen molar-refractivity contribution in [1.82, 2.24) is 0 Å². The van der Waals surface area contributed by atoms with Gasteiger partial charge in [-0.2, -0.15) is 0 Å². The molecule has 1 aromatic carbocycles. The highest BCUT2D eigenvalue weighted by molar-refractivity contribution is 6.52. The molecule has 1 atom stereocenters. The summed E-state index contributed by atoms with van der Waals surface area (Å²) in [6.07, 6.45) is 0.993. The Morgan fingerprint density at radius 1 is 1.28 bits per heavy atom. The second-order valence-electron chi connectivity index (χ2n) is 4.64. The minimum absolute atomic E-state index is 0.400. The first-order valence-electron chi connectivity index (χ1n) is 6.14. The Bertz CT molecular complexity index is 495. The number of benzene rings is 1. The SMILES string of the molecule is O=C1C(=O)N(C[NH+]2CCCOC2)c2ccccc21. The maximum atomic E-state index is 12.0. The fraction of sp³-hybridized carbons (Fsp3) is 0.385. The number of fused-ring (bicyclic) bond motifs is 1. The Labute approximate surface area is 105 Å². The van der Waals surface area contributed by atoms with E-state index >= 15 is 0 Å². The van der Waals surface area contributed by atoms with E-state index in [0.717, 1.165) is 25.3 Å². The van der Waals surface area contributed by atoms with Crippen molar-refractivity contribution in [2.45, 2.75) is 6.42 Å². The molecule has 18 heavy (non-hydrogen) atoms. The van der Waals surface area contributed by atoms with Crippen molar-refractivity contribution < 1.29 is 19.2 Å². The maximum absolute atomic E-state index is 12.0. The molecule has 5 heteroatoms. The Balaban J connectivity index is 1.83. The number of anilines is 1. The lowest BCUT2D eigenvalue weighted by atomic mass is 10.1. The second-order valence-corrected chi connectivity index (χ2v) is 4.64. The summed E-state index contributed by atoms with van der Waals surface area (Å²) in [5.41, 5.74) is 1.24. The lowest BCUT2D eigenvalue weighted by Gasteiger charge is -2.27. The lowest BCUT2D eigenvalue weighted by molar-refractivity contribution is -0.926. The van der Waals surface area contributed by atoms with Gasteiger partial charge in [0.25, 0.3) is 5.78 Å². The number of para-hydroxylation sites is 1. The van der Waals surface area contributed by atoms with E-state index < -0.39 is 11.7 Å². The molecule has 0 radical (unpaired) electrons. The van der Waals surface area contributed by atoms with Crippen LogP contribution < -0.4 is 9.80 Å². The first kappa shape index (κ1) is 11.4. The normalized spacial score (nSPS) is 23.3. The van der Waals surface area contributed by atoms with Gasteiger partial charge in [0.05, 0.1) is 24.4 Å². The van der Waals surface area contributed by atoms with E-state index in [2.05, 4.69) is 0 Å². The largest absolute Gasteiger partial charge is 0.331 e. The average Bonchev–Trinajstić information content (AvgIpc) is 2.66. The first-order valence-corrected chi connectivity index (χ1v) is 6.14. The van der Waals surface area contributed by atoms with Crippen LogP contribution in [0.2, 0.25) is 0 Å². The zero-order valence-electron chi connectivity index (χ0n) is 10.0. The van der Waals surface area contributed by atoms with Crippen LogP contribution in [0.15, 0.2) is 24.3 Å². The van der Waals surface area contributed by atoms with E-state index in [0.29, 0.717) is 19.0 Å². The smallest absolute Gasteiger partial charge is 0.303 e. The zero-order valence-corrected chi connectivity index (χ0v) is 10.0. The number of amides is 1. The van der Waals surface area contributed by atoms with Gasteiger partial charge in [-0.05, 0) is 12.1 Å². The average molecular weight is 247 g/mol. The molecule has 0 aromatic heterocycles. The predicted octanol–water partition coefficient (Wildman–Crippen LogP) is -0.564. The predicted molar refractivity (Wildman–Crippen MR) is 64.4 cm³/mol. The second kappa shape index (κ2) is 4.51.